The lowest BCUT2D eigenvalue weighted by molar-refractivity contribution is 0.102. The summed E-state index contributed by atoms with van der Waals surface area (Å²) in [6.45, 7) is 1.99. The van der Waals surface area contributed by atoms with Gasteiger partial charge < -0.3 is 9.47 Å². The molecule has 17 heavy (non-hydrogen) atoms. The largest absolute Gasteiger partial charge is 0.515 e. The number of carbonyl (C=O) groups is 1. The lowest BCUT2D eigenvalue weighted by Gasteiger charge is -2.01. The molecule has 1 aromatic heterocycles. The summed E-state index contributed by atoms with van der Waals surface area (Å²) in [4.78, 5) is 11.1. The number of hydrogen-bond acceptors (Lipinski definition) is 4. The molecule has 0 N–H and O–H groups in total. The first kappa shape index (κ1) is 11.2. The summed E-state index contributed by atoms with van der Waals surface area (Å²) in [7, 11) is 0. The number of rotatable bonds is 3. The van der Waals surface area contributed by atoms with Gasteiger partial charge in [-0.2, -0.15) is 0 Å². The molecule has 0 amide bonds. The van der Waals surface area contributed by atoms with Crippen molar-refractivity contribution in [1.29, 1.82) is 0 Å². The highest BCUT2D eigenvalue weighted by atomic mass is 16.7. The maximum atomic E-state index is 11.1. The molecule has 0 radical (unpaired) electrons. The molecule has 0 saturated carbocycles. The van der Waals surface area contributed by atoms with Gasteiger partial charge >= 0.3 is 6.16 Å². The third-order valence-electron chi connectivity index (χ3n) is 2.04. The molecular weight excluding hydrogens is 220 g/mol. The second kappa shape index (κ2) is 5.16. The number of aromatic nitrogens is 2. The fourth-order valence-electron chi connectivity index (χ4n) is 1.32. The zero-order valence-electron chi connectivity index (χ0n) is 9.37. The van der Waals surface area contributed by atoms with Gasteiger partial charge in [0.15, 0.2) is 0 Å². The summed E-state index contributed by atoms with van der Waals surface area (Å²) in [5, 5.41) is 4.10. The minimum atomic E-state index is -0.745. The second-order valence-corrected chi connectivity index (χ2v) is 3.22. The Labute approximate surface area is 98.6 Å². The Morgan fingerprint density at radius 3 is 2.76 bits per heavy atom. The highest BCUT2D eigenvalue weighted by Crippen LogP contribution is 2.11. The third-order valence-corrected chi connectivity index (χ3v) is 2.04. The van der Waals surface area contributed by atoms with E-state index in [4.69, 9.17) is 4.74 Å². The summed E-state index contributed by atoms with van der Waals surface area (Å²) in [5.41, 5.74) is 0.895. The van der Waals surface area contributed by atoms with E-state index in [0.29, 0.717) is 0 Å². The maximum Gasteiger partial charge on any atom is 0.515 e. The molecule has 0 unspecified atom stereocenters. The van der Waals surface area contributed by atoms with Gasteiger partial charge in [0.2, 0.25) is 5.88 Å². The molecule has 0 spiro atoms. The molecule has 2 aromatic rings. The number of hydrogen-bond donors (Lipinski definition) is 0. The minimum absolute atomic E-state index is 0.215. The van der Waals surface area contributed by atoms with Crippen LogP contribution in [0.5, 0.6) is 5.88 Å². The molecule has 0 fully saturated rings. The van der Waals surface area contributed by atoms with Crippen LogP contribution in [0.4, 0.5) is 4.79 Å². The lowest BCUT2D eigenvalue weighted by Crippen LogP contribution is -2.10. The van der Waals surface area contributed by atoms with Gasteiger partial charge in [0.05, 0.1) is 12.3 Å². The van der Waals surface area contributed by atoms with Gasteiger partial charge in [0.25, 0.3) is 0 Å². The van der Waals surface area contributed by atoms with Gasteiger partial charge in [0, 0.05) is 12.3 Å². The van der Waals surface area contributed by atoms with E-state index in [1.807, 2.05) is 30.3 Å². The maximum absolute atomic E-state index is 11.1. The fraction of sp³-hybridized carbons (Fsp3) is 0.167. The summed E-state index contributed by atoms with van der Waals surface area (Å²) in [5.74, 6) is 0.215. The van der Waals surface area contributed by atoms with Gasteiger partial charge in [-0.05, 0) is 19.1 Å². The van der Waals surface area contributed by atoms with Gasteiger partial charge in [-0.25, -0.2) is 9.48 Å². The number of carbonyl (C=O) groups excluding carboxylic acids is 1. The molecule has 88 valence electrons. The van der Waals surface area contributed by atoms with Gasteiger partial charge in [0.1, 0.15) is 0 Å². The normalized spacial score (nSPS) is 9.94. The standard InChI is InChI=1S/C12H12N2O3/c1-2-16-12(15)17-11-8-9-14(13-11)10-6-4-3-5-7-10/h3-9H,2H2,1H3. The van der Waals surface area contributed by atoms with E-state index in [0.717, 1.165) is 5.69 Å². The summed E-state index contributed by atoms with van der Waals surface area (Å²) < 4.78 is 11.1. The second-order valence-electron chi connectivity index (χ2n) is 3.22. The third kappa shape index (κ3) is 2.84. The van der Waals surface area contributed by atoms with Gasteiger partial charge in [-0.15, -0.1) is 5.10 Å². The Hall–Kier alpha value is -2.30. The number of para-hydroxylation sites is 1. The van der Waals surface area contributed by atoms with Crippen molar-refractivity contribution in [2.75, 3.05) is 6.61 Å². The van der Waals surface area contributed by atoms with Crippen molar-refractivity contribution >= 4 is 6.16 Å². The van der Waals surface area contributed by atoms with Crippen LogP contribution >= 0.6 is 0 Å². The highest BCUT2D eigenvalue weighted by molar-refractivity contribution is 5.62. The lowest BCUT2D eigenvalue weighted by atomic mass is 10.3. The summed E-state index contributed by atoms with van der Waals surface area (Å²) in [6, 6.07) is 11.1. The van der Waals surface area contributed by atoms with Crippen LogP contribution in [-0.2, 0) is 4.74 Å². The quantitative estimate of drug-likeness (QED) is 0.762. The molecule has 0 aliphatic heterocycles. The first-order valence-corrected chi connectivity index (χ1v) is 5.25. The molecule has 0 bridgehead atoms. The van der Waals surface area contributed by atoms with Crippen molar-refractivity contribution in [3.05, 3.63) is 42.6 Å². The number of nitrogens with zero attached hydrogens (tertiary/aromatic N) is 2. The zero-order valence-corrected chi connectivity index (χ0v) is 9.37. The van der Waals surface area contributed by atoms with Crippen molar-refractivity contribution in [3.8, 4) is 11.6 Å². The van der Waals surface area contributed by atoms with Crippen molar-refractivity contribution in [1.82, 2.24) is 9.78 Å². The van der Waals surface area contributed by atoms with E-state index < -0.39 is 6.16 Å². The topological polar surface area (TPSA) is 53.4 Å². The predicted molar refractivity (Wildman–Crippen MR) is 61.2 cm³/mol. The molecule has 0 aliphatic carbocycles. The smallest absolute Gasteiger partial charge is 0.434 e. The molecule has 2 rings (SSSR count). The van der Waals surface area contributed by atoms with Gasteiger partial charge in [-0.3, -0.25) is 0 Å². The van der Waals surface area contributed by atoms with Crippen LogP contribution < -0.4 is 4.74 Å². The first-order valence-electron chi connectivity index (χ1n) is 5.25. The Bertz CT molecular complexity index is 493. The van der Waals surface area contributed by atoms with E-state index in [2.05, 4.69) is 9.84 Å². The van der Waals surface area contributed by atoms with E-state index in [1.54, 1.807) is 23.9 Å². The molecular formula is C12H12N2O3. The van der Waals surface area contributed by atoms with Crippen LogP contribution in [0.3, 0.4) is 0 Å². The fourth-order valence-corrected chi connectivity index (χ4v) is 1.32. The van der Waals surface area contributed by atoms with Crippen molar-refractivity contribution in [2.45, 2.75) is 6.92 Å². The van der Waals surface area contributed by atoms with Crippen molar-refractivity contribution in [2.24, 2.45) is 0 Å². The minimum Gasteiger partial charge on any atom is -0.434 e. The van der Waals surface area contributed by atoms with Gasteiger partial charge in [-0.1, -0.05) is 18.2 Å². The van der Waals surface area contributed by atoms with Crippen LogP contribution in [0.25, 0.3) is 5.69 Å². The molecule has 5 nitrogen and oxygen atoms in total. The Balaban J connectivity index is 2.09. The average Bonchev–Trinajstić information content (AvgIpc) is 2.79. The molecule has 5 heteroatoms. The number of benzene rings is 1. The van der Waals surface area contributed by atoms with Crippen LogP contribution in [0.15, 0.2) is 42.6 Å². The van der Waals surface area contributed by atoms with Crippen LogP contribution in [-0.4, -0.2) is 22.5 Å². The Morgan fingerprint density at radius 1 is 1.29 bits per heavy atom. The average molecular weight is 232 g/mol. The molecule has 1 heterocycles. The molecule has 0 atom stereocenters. The molecule has 0 aliphatic rings. The number of ether oxygens (including phenoxy) is 2. The van der Waals surface area contributed by atoms with Crippen LogP contribution in [0, 0.1) is 0 Å². The zero-order chi connectivity index (χ0) is 12.1. The molecule has 1 aromatic carbocycles. The Kier molecular flexibility index (Phi) is 3.40. The Morgan fingerprint density at radius 2 is 2.06 bits per heavy atom. The SMILES string of the molecule is CCOC(=O)Oc1ccn(-c2ccccc2)n1. The van der Waals surface area contributed by atoms with Crippen LogP contribution in [0.1, 0.15) is 6.92 Å². The predicted octanol–water partition coefficient (Wildman–Crippen LogP) is 2.41. The van der Waals surface area contributed by atoms with E-state index in [-0.39, 0.29) is 12.5 Å². The summed E-state index contributed by atoms with van der Waals surface area (Å²) >= 11 is 0. The van der Waals surface area contributed by atoms with E-state index in [9.17, 15) is 4.79 Å². The summed E-state index contributed by atoms with van der Waals surface area (Å²) in [6.07, 6.45) is 0.968. The van der Waals surface area contributed by atoms with Crippen LogP contribution in [0.2, 0.25) is 0 Å². The van der Waals surface area contributed by atoms with Crippen molar-refractivity contribution in [3.63, 3.8) is 0 Å². The molecule has 0 saturated heterocycles. The van der Waals surface area contributed by atoms with Crippen molar-refractivity contribution < 1.29 is 14.3 Å². The monoisotopic (exact) mass is 232 g/mol. The van der Waals surface area contributed by atoms with E-state index in [1.165, 1.54) is 0 Å². The van der Waals surface area contributed by atoms with E-state index >= 15 is 0 Å². The first-order chi connectivity index (χ1) is 8.29. The highest BCUT2D eigenvalue weighted by Gasteiger charge is 2.08.